The Morgan fingerprint density at radius 3 is 2.16 bits per heavy atom. The predicted octanol–water partition coefficient (Wildman–Crippen LogP) is 3.79. The van der Waals surface area contributed by atoms with E-state index in [9.17, 15) is 18.0 Å². The summed E-state index contributed by atoms with van der Waals surface area (Å²) < 4.78 is 48.5. The van der Waals surface area contributed by atoms with E-state index in [-0.39, 0.29) is 11.3 Å². The number of halogens is 3. The van der Waals surface area contributed by atoms with Crippen molar-refractivity contribution in [3.05, 3.63) is 53.1 Å². The molecule has 0 fully saturated rings. The quantitative estimate of drug-likeness (QED) is 0.802. The van der Waals surface area contributed by atoms with Crippen molar-refractivity contribution in [2.75, 3.05) is 19.6 Å². The number of hydrazine groups is 1. The van der Waals surface area contributed by atoms with Crippen molar-refractivity contribution in [1.29, 1.82) is 0 Å². The summed E-state index contributed by atoms with van der Waals surface area (Å²) in [6.07, 6.45) is -4.46. The molecule has 0 heterocycles. The van der Waals surface area contributed by atoms with Gasteiger partial charge in [-0.1, -0.05) is 6.07 Å². The van der Waals surface area contributed by atoms with Crippen LogP contribution in [0.2, 0.25) is 0 Å². The number of amides is 1. The van der Waals surface area contributed by atoms with E-state index in [4.69, 9.17) is 9.47 Å². The SMILES string of the molecule is COc1cc(C(=O)NNc2cccc(C(F)(F)F)c2)cc(OC)c1C. The van der Waals surface area contributed by atoms with Crippen LogP contribution in [0.25, 0.3) is 0 Å². The molecule has 0 bridgehead atoms. The van der Waals surface area contributed by atoms with Gasteiger partial charge in [-0.2, -0.15) is 13.2 Å². The van der Waals surface area contributed by atoms with Crippen molar-refractivity contribution in [2.24, 2.45) is 0 Å². The summed E-state index contributed by atoms with van der Waals surface area (Å²) in [5, 5.41) is 0. The van der Waals surface area contributed by atoms with Crippen LogP contribution in [0.15, 0.2) is 36.4 Å². The minimum absolute atomic E-state index is 0.106. The van der Waals surface area contributed by atoms with Gasteiger partial charge in [0.1, 0.15) is 11.5 Å². The van der Waals surface area contributed by atoms with Crippen LogP contribution < -0.4 is 20.3 Å². The first-order valence-corrected chi connectivity index (χ1v) is 7.22. The van der Waals surface area contributed by atoms with E-state index in [0.717, 1.165) is 17.7 Å². The second kappa shape index (κ2) is 7.33. The number of ether oxygens (including phenoxy) is 2. The molecule has 0 aliphatic carbocycles. The molecule has 0 saturated carbocycles. The first-order valence-electron chi connectivity index (χ1n) is 7.22. The molecule has 25 heavy (non-hydrogen) atoms. The lowest BCUT2D eigenvalue weighted by Crippen LogP contribution is -2.29. The molecule has 2 N–H and O–H groups in total. The highest BCUT2D eigenvalue weighted by atomic mass is 19.4. The Bertz CT molecular complexity index is 751. The number of rotatable bonds is 5. The molecule has 0 aliphatic rings. The van der Waals surface area contributed by atoms with E-state index in [1.165, 1.54) is 38.5 Å². The predicted molar refractivity (Wildman–Crippen MR) is 86.8 cm³/mol. The lowest BCUT2D eigenvalue weighted by molar-refractivity contribution is -0.137. The molecular weight excluding hydrogens is 337 g/mol. The van der Waals surface area contributed by atoms with Gasteiger partial charge in [0.25, 0.3) is 5.91 Å². The van der Waals surface area contributed by atoms with Crippen LogP contribution in [0, 0.1) is 6.92 Å². The van der Waals surface area contributed by atoms with E-state index in [2.05, 4.69) is 10.9 Å². The van der Waals surface area contributed by atoms with Crippen LogP contribution in [-0.2, 0) is 6.18 Å². The topological polar surface area (TPSA) is 59.6 Å². The smallest absolute Gasteiger partial charge is 0.416 e. The van der Waals surface area contributed by atoms with E-state index < -0.39 is 17.6 Å². The number of alkyl halides is 3. The van der Waals surface area contributed by atoms with Gasteiger partial charge in [-0.15, -0.1) is 0 Å². The number of carbonyl (C=O) groups is 1. The number of hydrogen-bond acceptors (Lipinski definition) is 4. The van der Waals surface area contributed by atoms with E-state index in [1.54, 1.807) is 6.92 Å². The Hall–Kier alpha value is -2.90. The molecule has 0 unspecified atom stereocenters. The van der Waals surface area contributed by atoms with Gasteiger partial charge in [0, 0.05) is 11.1 Å². The number of nitrogens with one attached hydrogen (secondary N) is 2. The number of carbonyl (C=O) groups excluding carboxylic acids is 1. The Balaban J connectivity index is 2.16. The summed E-state index contributed by atoms with van der Waals surface area (Å²) in [7, 11) is 2.93. The average Bonchev–Trinajstić information content (AvgIpc) is 2.59. The van der Waals surface area contributed by atoms with Crippen molar-refractivity contribution < 1.29 is 27.4 Å². The molecule has 0 atom stereocenters. The van der Waals surface area contributed by atoms with Gasteiger partial charge in [0.05, 0.1) is 25.5 Å². The molecule has 2 aromatic carbocycles. The van der Waals surface area contributed by atoms with Crippen molar-refractivity contribution >= 4 is 11.6 Å². The highest BCUT2D eigenvalue weighted by Gasteiger charge is 2.30. The van der Waals surface area contributed by atoms with Crippen molar-refractivity contribution in [1.82, 2.24) is 5.43 Å². The zero-order valence-corrected chi connectivity index (χ0v) is 13.8. The molecule has 0 aromatic heterocycles. The summed E-state index contributed by atoms with van der Waals surface area (Å²) in [6, 6.07) is 7.53. The Labute approximate surface area is 142 Å². The third-order valence-electron chi connectivity index (χ3n) is 3.52. The van der Waals surface area contributed by atoms with Gasteiger partial charge in [0.2, 0.25) is 0 Å². The molecule has 2 aromatic rings. The van der Waals surface area contributed by atoms with Gasteiger partial charge in [-0.25, -0.2) is 0 Å². The molecule has 2 rings (SSSR count). The molecule has 5 nitrogen and oxygen atoms in total. The van der Waals surface area contributed by atoms with Crippen molar-refractivity contribution in [3.63, 3.8) is 0 Å². The fraction of sp³-hybridized carbons (Fsp3) is 0.235. The molecule has 0 radical (unpaired) electrons. The Kier molecular flexibility index (Phi) is 5.41. The lowest BCUT2D eigenvalue weighted by Gasteiger charge is -2.14. The van der Waals surface area contributed by atoms with Crippen LogP contribution in [0.3, 0.4) is 0 Å². The van der Waals surface area contributed by atoms with Crippen LogP contribution in [0.5, 0.6) is 11.5 Å². The second-order valence-corrected chi connectivity index (χ2v) is 5.16. The average molecular weight is 354 g/mol. The highest BCUT2D eigenvalue weighted by Crippen LogP contribution is 2.31. The highest BCUT2D eigenvalue weighted by molar-refractivity contribution is 5.96. The molecule has 134 valence electrons. The number of hydrogen-bond donors (Lipinski definition) is 2. The van der Waals surface area contributed by atoms with Gasteiger partial charge in [-0.3, -0.25) is 15.6 Å². The van der Waals surface area contributed by atoms with E-state index in [1.807, 2.05) is 0 Å². The van der Waals surface area contributed by atoms with Crippen molar-refractivity contribution in [3.8, 4) is 11.5 Å². The molecule has 0 spiro atoms. The lowest BCUT2D eigenvalue weighted by atomic mass is 10.1. The number of methoxy groups -OCH3 is 2. The minimum atomic E-state index is -4.46. The number of benzene rings is 2. The molecular formula is C17H17F3N2O3. The molecule has 1 amide bonds. The fourth-order valence-electron chi connectivity index (χ4n) is 2.19. The van der Waals surface area contributed by atoms with Gasteiger partial charge in [0.15, 0.2) is 0 Å². The zero-order chi connectivity index (χ0) is 18.6. The third-order valence-corrected chi connectivity index (χ3v) is 3.52. The summed E-state index contributed by atoms with van der Waals surface area (Å²) >= 11 is 0. The maximum absolute atomic E-state index is 12.7. The maximum atomic E-state index is 12.7. The molecule has 0 saturated heterocycles. The van der Waals surface area contributed by atoms with Crippen LogP contribution in [0.1, 0.15) is 21.5 Å². The molecule has 0 aliphatic heterocycles. The van der Waals surface area contributed by atoms with Crippen LogP contribution in [0.4, 0.5) is 18.9 Å². The van der Waals surface area contributed by atoms with E-state index in [0.29, 0.717) is 11.5 Å². The Morgan fingerprint density at radius 2 is 1.64 bits per heavy atom. The first-order chi connectivity index (χ1) is 11.8. The van der Waals surface area contributed by atoms with Crippen LogP contribution in [-0.4, -0.2) is 20.1 Å². The van der Waals surface area contributed by atoms with Crippen molar-refractivity contribution in [2.45, 2.75) is 13.1 Å². The third kappa shape index (κ3) is 4.34. The largest absolute Gasteiger partial charge is 0.496 e. The van der Waals surface area contributed by atoms with Crippen LogP contribution >= 0.6 is 0 Å². The second-order valence-electron chi connectivity index (χ2n) is 5.16. The van der Waals surface area contributed by atoms with Gasteiger partial charge >= 0.3 is 6.18 Å². The van der Waals surface area contributed by atoms with Gasteiger partial charge in [-0.05, 0) is 37.3 Å². The zero-order valence-electron chi connectivity index (χ0n) is 13.8. The summed E-state index contributed by atoms with van der Waals surface area (Å²) in [5.74, 6) is 0.376. The normalized spacial score (nSPS) is 11.0. The van der Waals surface area contributed by atoms with E-state index >= 15 is 0 Å². The first kappa shape index (κ1) is 18.4. The van der Waals surface area contributed by atoms with Gasteiger partial charge < -0.3 is 9.47 Å². The monoisotopic (exact) mass is 354 g/mol. The minimum Gasteiger partial charge on any atom is -0.496 e. The number of anilines is 1. The summed E-state index contributed by atoms with van der Waals surface area (Å²) in [6.45, 7) is 1.78. The fourth-order valence-corrected chi connectivity index (χ4v) is 2.19. The maximum Gasteiger partial charge on any atom is 0.416 e. The summed E-state index contributed by atoms with van der Waals surface area (Å²) in [5.41, 5.74) is 5.07. The molecule has 8 heteroatoms. The standard InChI is InChI=1S/C17H17F3N2O3/c1-10-14(24-2)7-11(8-15(10)25-3)16(23)22-21-13-6-4-5-12(9-13)17(18,19)20/h4-9,21H,1-3H3,(H,22,23). The summed E-state index contributed by atoms with van der Waals surface area (Å²) in [4.78, 5) is 12.2. The Morgan fingerprint density at radius 1 is 1.04 bits per heavy atom.